The Morgan fingerprint density at radius 3 is 2.48 bits per heavy atom. The van der Waals surface area contributed by atoms with Crippen LogP contribution in [0.3, 0.4) is 0 Å². The molecule has 0 radical (unpaired) electrons. The Balaban J connectivity index is 2.06. The largest absolute Gasteiger partial charge is 0.378 e. The molecule has 0 bridgehead atoms. The van der Waals surface area contributed by atoms with Crippen LogP contribution in [-0.4, -0.2) is 46.1 Å². The first kappa shape index (κ1) is 14.5. The van der Waals surface area contributed by atoms with E-state index in [4.69, 9.17) is 9.72 Å². The summed E-state index contributed by atoms with van der Waals surface area (Å²) in [5.41, 5.74) is 2.90. The average Bonchev–Trinajstić information content (AvgIpc) is 2.81. The van der Waals surface area contributed by atoms with Crippen LogP contribution in [0.4, 0.5) is 5.82 Å². The molecule has 0 saturated carbocycles. The number of hydrogen-bond acceptors (Lipinski definition) is 5. The first-order chi connectivity index (χ1) is 10.1. The van der Waals surface area contributed by atoms with Crippen molar-refractivity contribution in [3.63, 3.8) is 0 Å². The zero-order chi connectivity index (χ0) is 15.0. The van der Waals surface area contributed by atoms with Crippen molar-refractivity contribution in [1.82, 2.24) is 19.7 Å². The summed E-state index contributed by atoms with van der Waals surface area (Å²) in [5.74, 6) is 1.52. The molecule has 7 heteroatoms. The highest BCUT2D eigenvalue weighted by atomic mass is 79.9. The molecule has 0 unspecified atom stereocenters. The second-order valence-electron chi connectivity index (χ2n) is 5.18. The molecule has 0 amide bonds. The van der Waals surface area contributed by atoms with Crippen LogP contribution < -0.4 is 4.90 Å². The Labute approximate surface area is 132 Å². The third kappa shape index (κ3) is 2.80. The van der Waals surface area contributed by atoms with Gasteiger partial charge >= 0.3 is 0 Å². The van der Waals surface area contributed by atoms with Gasteiger partial charge in [0.05, 0.1) is 29.1 Å². The van der Waals surface area contributed by atoms with Gasteiger partial charge in [0.25, 0.3) is 5.95 Å². The Kier molecular flexibility index (Phi) is 3.95. The van der Waals surface area contributed by atoms with E-state index in [0.717, 1.165) is 53.7 Å². The molecule has 2 aromatic rings. The van der Waals surface area contributed by atoms with Crippen molar-refractivity contribution in [3.05, 3.63) is 27.6 Å². The van der Waals surface area contributed by atoms with Crippen LogP contribution in [0.2, 0.25) is 0 Å². The normalized spacial score (nSPS) is 15.5. The molecule has 0 atom stereocenters. The zero-order valence-corrected chi connectivity index (χ0v) is 14.0. The number of rotatable bonds is 2. The van der Waals surface area contributed by atoms with Crippen molar-refractivity contribution < 1.29 is 4.74 Å². The highest BCUT2D eigenvalue weighted by Gasteiger charge is 2.20. The number of anilines is 1. The molecule has 3 heterocycles. The van der Waals surface area contributed by atoms with E-state index in [0.29, 0.717) is 5.95 Å². The maximum Gasteiger partial charge on any atom is 0.253 e. The third-order valence-electron chi connectivity index (χ3n) is 3.50. The number of aryl methyl sites for hydroxylation is 3. The number of ether oxygens (including phenoxy) is 1. The van der Waals surface area contributed by atoms with Crippen LogP contribution in [0.25, 0.3) is 5.95 Å². The lowest BCUT2D eigenvalue weighted by molar-refractivity contribution is 0.122. The summed E-state index contributed by atoms with van der Waals surface area (Å²) in [6, 6.07) is 2.02. The molecule has 1 saturated heterocycles. The fourth-order valence-corrected chi connectivity index (χ4v) is 2.87. The molecular weight excluding hydrogens is 334 g/mol. The first-order valence-corrected chi connectivity index (χ1v) is 7.76. The maximum absolute atomic E-state index is 5.41. The topological polar surface area (TPSA) is 56.1 Å². The Morgan fingerprint density at radius 2 is 1.86 bits per heavy atom. The zero-order valence-electron chi connectivity index (χ0n) is 12.4. The molecule has 0 N–H and O–H groups in total. The molecule has 0 spiro atoms. The molecule has 0 aromatic carbocycles. The van der Waals surface area contributed by atoms with E-state index in [1.54, 1.807) is 4.68 Å². The van der Waals surface area contributed by atoms with Crippen molar-refractivity contribution in [1.29, 1.82) is 0 Å². The molecule has 21 heavy (non-hydrogen) atoms. The van der Waals surface area contributed by atoms with Crippen molar-refractivity contribution >= 4 is 21.7 Å². The lowest BCUT2D eigenvalue weighted by atomic mass is 10.3. The van der Waals surface area contributed by atoms with Gasteiger partial charge in [0.15, 0.2) is 0 Å². The predicted molar refractivity (Wildman–Crippen MR) is 84.1 cm³/mol. The van der Waals surface area contributed by atoms with E-state index in [2.05, 4.69) is 30.9 Å². The van der Waals surface area contributed by atoms with E-state index in [-0.39, 0.29) is 0 Å². The standard InChI is InChI=1S/C14H18BrN5O/c1-9-8-10(2)20(18-9)14-16-11(3)12(15)13(17-14)19-4-6-21-7-5-19/h8H,4-7H2,1-3H3. The number of morpholine rings is 1. The van der Waals surface area contributed by atoms with Crippen LogP contribution in [0.15, 0.2) is 10.5 Å². The van der Waals surface area contributed by atoms with E-state index < -0.39 is 0 Å². The van der Waals surface area contributed by atoms with Crippen LogP contribution in [0, 0.1) is 20.8 Å². The molecule has 0 aliphatic carbocycles. The van der Waals surface area contributed by atoms with Crippen molar-refractivity contribution in [2.45, 2.75) is 20.8 Å². The SMILES string of the molecule is Cc1cc(C)n(-c2nc(C)c(Br)c(N3CCOCC3)n2)n1. The van der Waals surface area contributed by atoms with E-state index in [1.807, 2.05) is 26.8 Å². The Bertz CT molecular complexity index is 664. The van der Waals surface area contributed by atoms with Crippen LogP contribution in [0.1, 0.15) is 17.1 Å². The van der Waals surface area contributed by atoms with Gasteiger partial charge in [-0.2, -0.15) is 10.1 Å². The monoisotopic (exact) mass is 351 g/mol. The third-order valence-corrected chi connectivity index (χ3v) is 4.43. The maximum atomic E-state index is 5.41. The predicted octanol–water partition coefficient (Wildman–Crippen LogP) is 2.19. The van der Waals surface area contributed by atoms with Crippen molar-refractivity contribution in [2.24, 2.45) is 0 Å². The number of hydrogen-bond donors (Lipinski definition) is 0. The van der Waals surface area contributed by atoms with Crippen LogP contribution in [-0.2, 0) is 4.74 Å². The quantitative estimate of drug-likeness (QED) is 0.829. The summed E-state index contributed by atoms with van der Waals surface area (Å²) in [6.07, 6.45) is 0. The lowest BCUT2D eigenvalue weighted by Crippen LogP contribution is -2.37. The average molecular weight is 352 g/mol. The summed E-state index contributed by atoms with van der Waals surface area (Å²) < 4.78 is 8.14. The summed E-state index contributed by atoms with van der Waals surface area (Å²) in [6.45, 7) is 9.09. The molecule has 2 aromatic heterocycles. The first-order valence-electron chi connectivity index (χ1n) is 6.96. The van der Waals surface area contributed by atoms with Gasteiger partial charge in [-0.25, -0.2) is 9.67 Å². The van der Waals surface area contributed by atoms with Gasteiger partial charge in [-0.3, -0.25) is 0 Å². The minimum absolute atomic E-state index is 0.614. The summed E-state index contributed by atoms with van der Waals surface area (Å²) in [5, 5.41) is 4.47. The molecule has 1 aliphatic rings. The number of aromatic nitrogens is 4. The van der Waals surface area contributed by atoms with Crippen molar-refractivity contribution in [3.8, 4) is 5.95 Å². The van der Waals surface area contributed by atoms with Gasteiger partial charge in [0.2, 0.25) is 0 Å². The van der Waals surface area contributed by atoms with E-state index in [9.17, 15) is 0 Å². The molecule has 1 fully saturated rings. The minimum Gasteiger partial charge on any atom is -0.378 e. The number of halogens is 1. The summed E-state index contributed by atoms with van der Waals surface area (Å²) >= 11 is 3.61. The van der Waals surface area contributed by atoms with Gasteiger partial charge in [-0.05, 0) is 42.8 Å². The molecule has 6 nitrogen and oxygen atoms in total. The second-order valence-corrected chi connectivity index (χ2v) is 5.98. The van der Waals surface area contributed by atoms with Gasteiger partial charge in [0, 0.05) is 18.8 Å². The summed E-state index contributed by atoms with van der Waals surface area (Å²) in [7, 11) is 0. The Hall–Kier alpha value is -1.47. The van der Waals surface area contributed by atoms with Gasteiger partial charge in [-0.1, -0.05) is 0 Å². The fourth-order valence-electron chi connectivity index (χ4n) is 2.44. The Morgan fingerprint density at radius 1 is 1.14 bits per heavy atom. The molecule has 1 aliphatic heterocycles. The van der Waals surface area contributed by atoms with Crippen LogP contribution >= 0.6 is 15.9 Å². The van der Waals surface area contributed by atoms with Gasteiger partial charge < -0.3 is 9.64 Å². The fraction of sp³-hybridized carbons (Fsp3) is 0.500. The lowest BCUT2D eigenvalue weighted by Gasteiger charge is -2.29. The minimum atomic E-state index is 0.614. The highest BCUT2D eigenvalue weighted by Crippen LogP contribution is 2.28. The van der Waals surface area contributed by atoms with Crippen molar-refractivity contribution in [2.75, 3.05) is 31.2 Å². The smallest absolute Gasteiger partial charge is 0.253 e. The number of nitrogens with zero attached hydrogens (tertiary/aromatic N) is 5. The van der Waals surface area contributed by atoms with E-state index >= 15 is 0 Å². The second kappa shape index (κ2) is 5.73. The van der Waals surface area contributed by atoms with Crippen LogP contribution in [0.5, 0.6) is 0 Å². The van der Waals surface area contributed by atoms with Gasteiger partial charge in [-0.15, -0.1) is 0 Å². The van der Waals surface area contributed by atoms with Gasteiger partial charge in [0.1, 0.15) is 5.82 Å². The molecular formula is C14H18BrN5O. The highest BCUT2D eigenvalue weighted by molar-refractivity contribution is 9.10. The molecule has 112 valence electrons. The summed E-state index contributed by atoms with van der Waals surface area (Å²) in [4.78, 5) is 11.5. The van der Waals surface area contributed by atoms with E-state index in [1.165, 1.54) is 0 Å². The molecule has 3 rings (SSSR count).